The molecular formula is C15H26O7. The predicted molar refractivity (Wildman–Crippen MR) is 76.8 cm³/mol. The first-order valence-corrected chi connectivity index (χ1v) is 7.86. The van der Waals surface area contributed by atoms with Crippen molar-refractivity contribution in [2.24, 2.45) is 0 Å². The Morgan fingerprint density at radius 1 is 1.05 bits per heavy atom. The molecule has 1 heterocycles. The molecule has 0 saturated carbocycles. The predicted octanol–water partition coefficient (Wildman–Crippen LogP) is 0.900. The first-order valence-electron chi connectivity index (χ1n) is 7.86. The molecule has 4 atom stereocenters. The van der Waals surface area contributed by atoms with Gasteiger partial charge in [-0.1, -0.05) is 26.7 Å². The number of carbonyl (C=O) groups excluding carboxylic acids is 2. The summed E-state index contributed by atoms with van der Waals surface area (Å²) < 4.78 is 15.2. The van der Waals surface area contributed by atoms with E-state index in [9.17, 15) is 19.8 Å². The largest absolute Gasteiger partial charge is 0.456 e. The summed E-state index contributed by atoms with van der Waals surface area (Å²) in [4.78, 5) is 23.2. The normalized spacial score (nSPS) is 28.2. The molecule has 0 unspecified atom stereocenters. The van der Waals surface area contributed by atoms with Crippen LogP contribution in [-0.2, 0) is 23.8 Å². The molecule has 0 aromatic rings. The van der Waals surface area contributed by atoms with Gasteiger partial charge >= 0.3 is 11.9 Å². The minimum Gasteiger partial charge on any atom is -0.456 e. The van der Waals surface area contributed by atoms with Crippen LogP contribution in [0.3, 0.4) is 0 Å². The molecule has 0 spiro atoms. The molecule has 1 aliphatic heterocycles. The number of aliphatic hydroxyl groups excluding tert-OH is 2. The van der Waals surface area contributed by atoms with Crippen molar-refractivity contribution < 1.29 is 34.0 Å². The van der Waals surface area contributed by atoms with Crippen LogP contribution in [0.25, 0.3) is 0 Å². The number of hydrogen-bond donors (Lipinski definition) is 2. The maximum atomic E-state index is 11.6. The van der Waals surface area contributed by atoms with Gasteiger partial charge in [0.05, 0.1) is 6.61 Å². The Hall–Kier alpha value is -1.18. The highest BCUT2D eigenvalue weighted by Gasteiger charge is 2.43. The van der Waals surface area contributed by atoms with Crippen molar-refractivity contribution >= 4 is 11.9 Å². The second-order valence-corrected chi connectivity index (χ2v) is 5.41. The van der Waals surface area contributed by atoms with Gasteiger partial charge < -0.3 is 24.4 Å². The minimum atomic E-state index is -1.40. The van der Waals surface area contributed by atoms with E-state index in [2.05, 4.69) is 0 Å². The first kappa shape index (κ1) is 18.9. The van der Waals surface area contributed by atoms with Gasteiger partial charge in [0.2, 0.25) is 6.29 Å². The van der Waals surface area contributed by atoms with Crippen LogP contribution < -0.4 is 0 Å². The van der Waals surface area contributed by atoms with E-state index in [1.165, 1.54) is 0 Å². The fourth-order valence-corrected chi connectivity index (χ4v) is 2.06. The summed E-state index contributed by atoms with van der Waals surface area (Å²) in [5.41, 5.74) is 0. The maximum Gasteiger partial charge on any atom is 0.308 e. The second kappa shape index (κ2) is 9.76. The molecule has 0 amide bonds. The Morgan fingerprint density at radius 2 is 1.59 bits per heavy atom. The average molecular weight is 318 g/mol. The van der Waals surface area contributed by atoms with Gasteiger partial charge in [-0.05, 0) is 12.8 Å². The standard InChI is InChI=1S/C15H26O7/c1-3-5-7-11(17)21-14-10(16)9-20-15(13(14)19)22-12(18)8-6-4-2/h10,13-16,19H,3-9H2,1-2H3/t10-,13+,14-,15-/m1/s1. The summed E-state index contributed by atoms with van der Waals surface area (Å²) in [7, 11) is 0. The first-order chi connectivity index (χ1) is 10.5. The molecular weight excluding hydrogens is 292 g/mol. The quantitative estimate of drug-likeness (QED) is 0.641. The molecule has 0 aromatic carbocycles. The zero-order valence-corrected chi connectivity index (χ0v) is 13.2. The third-order valence-electron chi connectivity index (χ3n) is 3.41. The number of unbranched alkanes of at least 4 members (excludes halogenated alkanes) is 2. The van der Waals surface area contributed by atoms with Gasteiger partial charge in [-0.2, -0.15) is 0 Å². The lowest BCUT2D eigenvalue weighted by Gasteiger charge is -2.36. The topological polar surface area (TPSA) is 102 Å². The van der Waals surface area contributed by atoms with Crippen LogP contribution in [0.2, 0.25) is 0 Å². The molecule has 0 aliphatic carbocycles. The van der Waals surface area contributed by atoms with Gasteiger partial charge in [0.1, 0.15) is 6.10 Å². The van der Waals surface area contributed by atoms with E-state index in [1.54, 1.807) is 0 Å². The van der Waals surface area contributed by atoms with Gasteiger partial charge in [0.25, 0.3) is 0 Å². The second-order valence-electron chi connectivity index (χ2n) is 5.41. The molecule has 1 fully saturated rings. The summed E-state index contributed by atoms with van der Waals surface area (Å²) in [5.74, 6) is -0.985. The fraction of sp³-hybridized carbons (Fsp3) is 0.867. The Bertz CT molecular complexity index is 358. The van der Waals surface area contributed by atoms with Crippen LogP contribution >= 0.6 is 0 Å². The lowest BCUT2D eigenvalue weighted by atomic mass is 10.0. The highest BCUT2D eigenvalue weighted by atomic mass is 16.7. The molecule has 7 heteroatoms. The van der Waals surface area contributed by atoms with Gasteiger partial charge in [-0.3, -0.25) is 9.59 Å². The fourth-order valence-electron chi connectivity index (χ4n) is 2.06. The van der Waals surface area contributed by atoms with Gasteiger partial charge in [0, 0.05) is 12.8 Å². The molecule has 1 aliphatic rings. The molecule has 2 N–H and O–H groups in total. The van der Waals surface area contributed by atoms with E-state index in [-0.39, 0.29) is 19.4 Å². The Morgan fingerprint density at radius 3 is 2.14 bits per heavy atom. The van der Waals surface area contributed by atoms with Crippen LogP contribution in [0.4, 0.5) is 0 Å². The van der Waals surface area contributed by atoms with Gasteiger partial charge in [-0.25, -0.2) is 0 Å². The van der Waals surface area contributed by atoms with E-state index in [0.29, 0.717) is 12.8 Å². The molecule has 1 saturated heterocycles. The average Bonchev–Trinajstić information content (AvgIpc) is 2.50. The highest BCUT2D eigenvalue weighted by molar-refractivity contribution is 5.70. The van der Waals surface area contributed by atoms with E-state index < -0.39 is 36.5 Å². The minimum absolute atomic E-state index is 0.172. The third kappa shape index (κ3) is 5.90. The summed E-state index contributed by atoms with van der Waals surface area (Å²) in [6, 6.07) is 0. The Kier molecular flexibility index (Phi) is 8.37. The zero-order chi connectivity index (χ0) is 16.5. The molecule has 0 bridgehead atoms. The van der Waals surface area contributed by atoms with Gasteiger partial charge in [-0.15, -0.1) is 0 Å². The summed E-state index contributed by atoms with van der Waals surface area (Å²) in [5, 5.41) is 19.9. The van der Waals surface area contributed by atoms with E-state index in [1.807, 2.05) is 13.8 Å². The smallest absolute Gasteiger partial charge is 0.308 e. The van der Waals surface area contributed by atoms with Gasteiger partial charge in [0.15, 0.2) is 12.2 Å². The monoisotopic (exact) mass is 318 g/mol. The Balaban J connectivity index is 2.53. The van der Waals surface area contributed by atoms with Crippen LogP contribution in [0, 0.1) is 0 Å². The molecule has 7 nitrogen and oxygen atoms in total. The third-order valence-corrected chi connectivity index (χ3v) is 3.41. The summed E-state index contributed by atoms with van der Waals surface area (Å²) >= 11 is 0. The maximum absolute atomic E-state index is 11.6. The lowest BCUT2D eigenvalue weighted by Crippen LogP contribution is -2.55. The van der Waals surface area contributed by atoms with Crippen molar-refractivity contribution in [1.82, 2.24) is 0 Å². The van der Waals surface area contributed by atoms with Crippen molar-refractivity contribution in [2.45, 2.75) is 77.0 Å². The summed E-state index contributed by atoms with van der Waals surface area (Å²) in [6.45, 7) is 3.72. The lowest BCUT2D eigenvalue weighted by molar-refractivity contribution is -0.267. The molecule has 1 rings (SSSR count). The molecule has 22 heavy (non-hydrogen) atoms. The van der Waals surface area contributed by atoms with E-state index in [4.69, 9.17) is 14.2 Å². The number of rotatable bonds is 8. The molecule has 0 radical (unpaired) electrons. The number of ether oxygens (including phenoxy) is 3. The highest BCUT2D eigenvalue weighted by Crippen LogP contribution is 2.21. The van der Waals surface area contributed by atoms with E-state index in [0.717, 1.165) is 12.8 Å². The number of carbonyl (C=O) groups is 2. The van der Waals surface area contributed by atoms with Crippen LogP contribution in [0.1, 0.15) is 52.4 Å². The van der Waals surface area contributed by atoms with Crippen molar-refractivity contribution in [1.29, 1.82) is 0 Å². The van der Waals surface area contributed by atoms with Crippen molar-refractivity contribution in [2.75, 3.05) is 6.61 Å². The van der Waals surface area contributed by atoms with Crippen molar-refractivity contribution in [3.63, 3.8) is 0 Å². The molecule has 0 aromatic heterocycles. The zero-order valence-electron chi connectivity index (χ0n) is 13.2. The van der Waals surface area contributed by atoms with E-state index >= 15 is 0 Å². The summed E-state index contributed by atoms with van der Waals surface area (Å²) in [6.07, 6.45) is -1.44. The van der Waals surface area contributed by atoms with Crippen molar-refractivity contribution in [3.05, 3.63) is 0 Å². The SMILES string of the molecule is CCCCC(=O)O[C@H]1OC[C@@H](O)[C@@H](OC(=O)CCCC)[C@@H]1O. The number of esters is 2. The Labute approximate surface area is 130 Å². The van der Waals surface area contributed by atoms with Crippen LogP contribution in [0.15, 0.2) is 0 Å². The van der Waals surface area contributed by atoms with Crippen LogP contribution in [0.5, 0.6) is 0 Å². The number of hydrogen-bond acceptors (Lipinski definition) is 7. The molecule has 128 valence electrons. The number of aliphatic hydroxyl groups is 2. The van der Waals surface area contributed by atoms with Crippen LogP contribution in [-0.4, -0.2) is 53.4 Å². The van der Waals surface area contributed by atoms with Crippen molar-refractivity contribution in [3.8, 4) is 0 Å².